The highest BCUT2D eigenvalue weighted by atomic mass is 35.5. The van der Waals surface area contributed by atoms with Gasteiger partial charge >= 0.3 is 17.8 Å². The minimum absolute atomic E-state index is 0.304. The van der Waals surface area contributed by atoms with Crippen LogP contribution in [0.4, 0.5) is 27.6 Å². The van der Waals surface area contributed by atoms with Crippen LogP contribution >= 0.6 is 11.6 Å². The van der Waals surface area contributed by atoms with Crippen molar-refractivity contribution in [3.63, 3.8) is 0 Å². The van der Waals surface area contributed by atoms with Crippen LogP contribution in [0.1, 0.15) is 6.92 Å². The molecule has 1 unspecified atom stereocenters. The predicted molar refractivity (Wildman–Crippen MR) is 74.3 cm³/mol. The third kappa shape index (κ3) is 4.25. The summed E-state index contributed by atoms with van der Waals surface area (Å²) in [5.74, 6) is -6.65. The Morgan fingerprint density at radius 2 is 1.88 bits per heavy atom. The Labute approximate surface area is 138 Å². The van der Waals surface area contributed by atoms with Gasteiger partial charge in [0.1, 0.15) is 17.5 Å². The van der Waals surface area contributed by atoms with Gasteiger partial charge < -0.3 is 15.4 Å². The number of hydrogen-bond acceptors (Lipinski definition) is 4. The third-order valence-electron chi connectivity index (χ3n) is 2.71. The minimum atomic E-state index is -5.43. The van der Waals surface area contributed by atoms with Gasteiger partial charge in [-0.2, -0.15) is 13.2 Å². The molecule has 0 aliphatic carbocycles. The van der Waals surface area contributed by atoms with Crippen LogP contribution in [-0.4, -0.2) is 36.2 Å². The number of halogens is 6. The van der Waals surface area contributed by atoms with E-state index in [2.05, 4.69) is 4.74 Å². The maximum atomic E-state index is 13.7. The Balaban J connectivity index is 3.43. The Hall–Kier alpha value is -2.10. The van der Waals surface area contributed by atoms with Crippen LogP contribution in [-0.2, 0) is 14.3 Å². The van der Waals surface area contributed by atoms with E-state index in [1.54, 1.807) is 5.32 Å². The van der Waals surface area contributed by atoms with Crippen LogP contribution in [0.15, 0.2) is 18.2 Å². The van der Waals surface area contributed by atoms with E-state index in [1.807, 2.05) is 0 Å². The number of hydrogen-bond donors (Lipinski definition) is 2. The van der Waals surface area contributed by atoms with Crippen LogP contribution in [0.5, 0.6) is 0 Å². The van der Waals surface area contributed by atoms with Crippen LogP contribution in [0.3, 0.4) is 0 Å². The summed E-state index contributed by atoms with van der Waals surface area (Å²) >= 11 is 5.16. The first-order valence-electron chi connectivity index (χ1n) is 6.41. The van der Waals surface area contributed by atoms with Crippen molar-refractivity contribution in [2.45, 2.75) is 18.8 Å². The van der Waals surface area contributed by atoms with E-state index in [9.17, 15) is 31.5 Å². The fourth-order valence-electron chi connectivity index (χ4n) is 1.67. The number of carbonyl (C=O) groups is 2. The second-order valence-corrected chi connectivity index (χ2v) is 4.67. The van der Waals surface area contributed by atoms with E-state index in [-0.39, 0.29) is 0 Å². The van der Waals surface area contributed by atoms with Gasteiger partial charge in [0.2, 0.25) is 5.91 Å². The molecule has 0 radical (unpaired) electrons. The third-order valence-corrected chi connectivity index (χ3v) is 2.95. The lowest BCUT2D eigenvalue weighted by Gasteiger charge is -2.35. The van der Waals surface area contributed by atoms with Crippen LogP contribution in [0.25, 0.3) is 0 Å². The first-order valence-corrected chi connectivity index (χ1v) is 6.95. The molecule has 0 aromatic heterocycles. The van der Waals surface area contributed by atoms with Gasteiger partial charge in [0.15, 0.2) is 0 Å². The molecule has 11 heteroatoms. The lowest BCUT2D eigenvalue weighted by Crippen LogP contribution is -2.69. The van der Waals surface area contributed by atoms with E-state index >= 15 is 0 Å². The molecule has 0 aliphatic rings. The fourth-order valence-corrected chi connectivity index (χ4v) is 1.73. The first kappa shape index (κ1) is 19.9. The van der Waals surface area contributed by atoms with Crippen LogP contribution < -0.4 is 10.6 Å². The molecule has 24 heavy (non-hydrogen) atoms. The van der Waals surface area contributed by atoms with E-state index in [4.69, 9.17) is 11.6 Å². The molecule has 0 bridgehead atoms. The number of ether oxygens (including phenoxy) is 1. The summed E-state index contributed by atoms with van der Waals surface area (Å²) in [5, 5.41) is 2.90. The number of rotatable bonds is 6. The van der Waals surface area contributed by atoms with Gasteiger partial charge in [-0.15, -0.1) is 11.6 Å². The molecule has 0 aliphatic heterocycles. The average Bonchev–Trinajstić information content (AvgIpc) is 2.47. The maximum Gasteiger partial charge on any atom is 0.441 e. The molecular weight excluding hydrogens is 363 g/mol. The zero-order valence-electron chi connectivity index (χ0n) is 12.1. The maximum absolute atomic E-state index is 13.7. The number of alkyl halides is 4. The van der Waals surface area contributed by atoms with Crippen molar-refractivity contribution < 1.29 is 36.3 Å². The molecule has 1 aromatic carbocycles. The summed E-state index contributed by atoms with van der Waals surface area (Å²) in [4.78, 5) is 23.3. The molecule has 1 aromatic rings. The van der Waals surface area contributed by atoms with Crippen molar-refractivity contribution in [1.82, 2.24) is 5.32 Å². The lowest BCUT2D eigenvalue weighted by atomic mass is 10.1. The van der Waals surface area contributed by atoms with Gasteiger partial charge in [-0.1, -0.05) is 0 Å². The Morgan fingerprint density at radius 1 is 1.25 bits per heavy atom. The van der Waals surface area contributed by atoms with Gasteiger partial charge in [-0.05, 0) is 19.1 Å². The SMILES string of the molecule is CCOC(=O)C(NC(=O)CCl)(Nc1ccc(F)cc1F)C(F)(F)F. The van der Waals surface area contributed by atoms with E-state index in [0.717, 1.165) is 0 Å². The van der Waals surface area contributed by atoms with Crippen molar-refractivity contribution in [2.24, 2.45) is 0 Å². The van der Waals surface area contributed by atoms with Gasteiger partial charge in [0, 0.05) is 6.07 Å². The Bertz CT molecular complexity index is 626. The molecule has 1 rings (SSSR count). The van der Waals surface area contributed by atoms with E-state index in [0.29, 0.717) is 18.2 Å². The summed E-state index contributed by atoms with van der Waals surface area (Å²) in [6.07, 6.45) is -5.43. The summed E-state index contributed by atoms with van der Waals surface area (Å²) in [5.41, 5.74) is -4.68. The molecule has 2 N–H and O–H groups in total. The molecule has 0 heterocycles. The quantitative estimate of drug-likeness (QED) is 0.347. The van der Waals surface area contributed by atoms with Crippen molar-refractivity contribution in [3.8, 4) is 0 Å². The number of amides is 1. The van der Waals surface area contributed by atoms with E-state index < -0.39 is 53.5 Å². The standard InChI is InChI=1S/C13H12ClF5N2O3/c1-2-24-11(23)12(13(17,18)19,21-10(22)6-14)20-9-4-3-7(15)5-8(9)16/h3-5,20H,2,6H2,1H3,(H,21,22). The minimum Gasteiger partial charge on any atom is -0.463 e. The zero-order valence-corrected chi connectivity index (χ0v) is 12.9. The predicted octanol–water partition coefficient (Wildman–Crippen LogP) is 2.55. The molecule has 134 valence electrons. The van der Waals surface area contributed by atoms with Crippen molar-refractivity contribution in [2.75, 3.05) is 17.8 Å². The van der Waals surface area contributed by atoms with Crippen LogP contribution in [0, 0.1) is 11.6 Å². The summed E-state index contributed by atoms with van der Waals surface area (Å²) < 4.78 is 71.5. The normalized spacial score (nSPS) is 13.8. The fraction of sp³-hybridized carbons (Fsp3) is 0.385. The second kappa shape index (κ2) is 7.65. The molecule has 5 nitrogen and oxygen atoms in total. The molecule has 1 amide bonds. The van der Waals surface area contributed by atoms with Crippen LogP contribution in [0.2, 0.25) is 0 Å². The molecule has 0 spiro atoms. The number of esters is 1. The number of benzene rings is 1. The molecular formula is C13H12ClF5N2O3. The molecule has 1 atom stereocenters. The highest BCUT2D eigenvalue weighted by molar-refractivity contribution is 6.27. The molecule has 0 saturated carbocycles. The number of anilines is 1. The second-order valence-electron chi connectivity index (χ2n) is 4.40. The van der Waals surface area contributed by atoms with Crippen molar-refractivity contribution >= 4 is 29.2 Å². The summed E-state index contributed by atoms with van der Waals surface area (Å²) in [6.45, 7) is 0.794. The van der Waals surface area contributed by atoms with Gasteiger partial charge in [0.25, 0.3) is 0 Å². The number of nitrogens with one attached hydrogen (secondary N) is 2. The van der Waals surface area contributed by atoms with Crippen molar-refractivity contribution in [3.05, 3.63) is 29.8 Å². The number of carbonyl (C=O) groups excluding carboxylic acids is 2. The molecule has 0 saturated heterocycles. The highest BCUT2D eigenvalue weighted by Crippen LogP contribution is 2.34. The Kier molecular flexibility index (Phi) is 6.35. The van der Waals surface area contributed by atoms with Gasteiger partial charge in [0.05, 0.1) is 12.3 Å². The van der Waals surface area contributed by atoms with Gasteiger partial charge in [-0.3, -0.25) is 4.79 Å². The largest absolute Gasteiger partial charge is 0.463 e. The zero-order chi connectivity index (χ0) is 18.5. The van der Waals surface area contributed by atoms with Crippen molar-refractivity contribution in [1.29, 1.82) is 0 Å². The Morgan fingerprint density at radius 3 is 2.33 bits per heavy atom. The first-order chi connectivity index (χ1) is 11.1. The summed E-state index contributed by atoms with van der Waals surface area (Å²) in [6, 6.07) is 1.61. The summed E-state index contributed by atoms with van der Waals surface area (Å²) in [7, 11) is 0. The smallest absolute Gasteiger partial charge is 0.441 e. The molecule has 0 fully saturated rings. The van der Waals surface area contributed by atoms with E-state index in [1.165, 1.54) is 12.2 Å². The average molecular weight is 375 g/mol. The highest BCUT2D eigenvalue weighted by Gasteiger charge is 2.63. The topological polar surface area (TPSA) is 67.4 Å². The van der Waals surface area contributed by atoms with Gasteiger partial charge in [-0.25, -0.2) is 13.6 Å². The monoisotopic (exact) mass is 374 g/mol. The lowest BCUT2D eigenvalue weighted by molar-refractivity contribution is -0.207.